The van der Waals surface area contributed by atoms with Gasteiger partial charge in [-0.25, -0.2) is 8.42 Å². The van der Waals surface area contributed by atoms with Gasteiger partial charge in [0.2, 0.25) is 0 Å². The van der Waals surface area contributed by atoms with Gasteiger partial charge in [-0.3, -0.25) is 9.52 Å². The van der Waals surface area contributed by atoms with E-state index in [2.05, 4.69) is 10.0 Å². The number of benzene rings is 3. The number of carbonyl (C=O) groups is 1. The van der Waals surface area contributed by atoms with Gasteiger partial charge in [0.25, 0.3) is 15.9 Å². The van der Waals surface area contributed by atoms with E-state index in [1.165, 1.54) is 19.2 Å². The van der Waals surface area contributed by atoms with Crippen LogP contribution in [-0.4, -0.2) is 34.6 Å². The molecule has 32 heavy (non-hydrogen) atoms. The molecule has 1 heterocycles. The van der Waals surface area contributed by atoms with Crippen molar-refractivity contribution in [3.63, 3.8) is 0 Å². The third-order valence-corrected chi connectivity index (χ3v) is 6.27. The molecular weight excluding hydrogens is 456 g/mol. The third-order valence-electron chi connectivity index (χ3n) is 4.61. The van der Waals surface area contributed by atoms with Gasteiger partial charge < -0.3 is 19.5 Å². The van der Waals surface area contributed by atoms with Crippen LogP contribution in [0.25, 0.3) is 0 Å². The van der Waals surface area contributed by atoms with E-state index in [4.69, 9.17) is 25.8 Å². The van der Waals surface area contributed by atoms with E-state index in [1.54, 1.807) is 48.5 Å². The Bertz CT molecular complexity index is 1260. The lowest BCUT2D eigenvalue weighted by Gasteiger charge is -2.18. The Morgan fingerprint density at radius 1 is 0.938 bits per heavy atom. The Labute approximate surface area is 190 Å². The van der Waals surface area contributed by atoms with E-state index in [9.17, 15) is 13.2 Å². The van der Waals surface area contributed by atoms with Crippen LogP contribution in [0, 0.1) is 0 Å². The predicted octanol–water partition coefficient (Wildman–Crippen LogP) is 4.17. The highest BCUT2D eigenvalue weighted by Gasteiger charge is 2.22. The Morgan fingerprint density at radius 3 is 2.34 bits per heavy atom. The number of nitrogens with one attached hydrogen (secondary N) is 2. The minimum absolute atomic E-state index is 0.129. The molecule has 0 unspecified atom stereocenters. The smallest absolute Gasteiger partial charge is 0.265 e. The fourth-order valence-corrected chi connectivity index (χ4v) is 4.46. The highest BCUT2D eigenvalue weighted by atomic mass is 35.5. The van der Waals surface area contributed by atoms with Crippen molar-refractivity contribution in [2.24, 2.45) is 0 Å². The summed E-state index contributed by atoms with van der Waals surface area (Å²) in [5.41, 5.74) is 0.957. The maximum absolute atomic E-state index is 13.0. The van der Waals surface area contributed by atoms with Crippen molar-refractivity contribution in [2.45, 2.75) is 4.90 Å². The largest absolute Gasteiger partial charge is 0.495 e. The predicted molar refractivity (Wildman–Crippen MR) is 121 cm³/mol. The molecule has 8 nitrogen and oxygen atoms in total. The Morgan fingerprint density at radius 2 is 1.62 bits per heavy atom. The summed E-state index contributed by atoms with van der Waals surface area (Å²) < 4.78 is 44.6. The number of carbonyl (C=O) groups excluding carboxylic acids is 1. The lowest BCUT2D eigenvalue weighted by atomic mass is 10.1. The van der Waals surface area contributed by atoms with Crippen molar-refractivity contribution in [1.82, 2.24) is 0 Å². The molecule has 1 aliphatic heterocycles. The first-order chi connectivity index (χ1) is 15.4. The van der Waals surface area contributed by atoms with Crippen LogP contribution in [0.2, 0.25) is 5.02 Å². The molecular formula is C22H19ClN2O6S. The highest BCUT2D eigenvalue weighted by molar-refractivity contribution is 7.92. The highest BCUT2D eigenvalue weighted by Crippen LogP contribution is 2.32. The average molecular weight is 475 g/mol. The molecule has 4 rings (SSSR count). The molecule has 1 aliphatic rings. The molecule has 0 spiro atoms. The van der Waals surface area contributed by atoms with E-state index in [0.29, 0.717) is 41.0 Å². The van der Waals surface area contributed by atoms with Crippen molar-refractivity contribution in [3.05, 3.63) is 71.2 Å². The number of amides is 1. The first-order valence-corrected chi connectivity index (χ1v) is 11.4. The molecule has 0 aliphatic carbocycles. The van der Waals surface area contributed by atoms with Crippen molar-refractivity contribution >= 4 is 38.9 Å². The lowest BCUT2D eigenvalue weighted by Crippen LogP contribution is -2.18. The summed E-state index contributed by atoms with van der Waals surface area (Å²) in [6.07, 6.45) is 0. The van der Waals surface area contributed by atoms with Gasteiger partial charge >= 0.3 is 0 Å². The van der Waals surface area contributed by atoms with Gasteiger partial charge in [-0.05, 0) is 60.7 Å². The third kappa shape index (κ3) is 4.74. The second-order valence-corrected chi connectivity index (χ2v) is 8.88. The van der Waals surface area contributed by atoms with E-state index >= 15 is 0 Å². The molecule has 166 valence electrons. The monoisotopic (exact) mass is 474 g/mol. The molecule has 0 radical (unpaired) electrons. The van der Waals surface area contributed by atoms with Crippen LogP contribution >= 0.6 is 11.6 Å². The second-order valence-electron chi connectivity index (χ2n) is 6.79. The summed E-state index contributed by atoms with van der Waals surface area (Å²) >= 11 is 5.85. The maximum atomic E-state index is 13.0. The Hall–Kier alpha value is -3.43. The molecule has 0 saturated heterocycles. The molecule has 0 saturated carbocycles. The normalized spacial score (nSPS) is 12.7. The quantitative estimate of drug-likeness (QED) is 0.555. The maximum Gasteiger partial charge on any atom is 0.265 e. The zero-order valence-electron chi connectivity index (χ0n) is 16.9. The van der Waals surface area contributed by atoms with Gasteiger partial charge in [-0.1, -0.05) is 11.6 Å². The molecule has 3 aromatic rings. The van der Waals surface area contributed by atoms with Gasteiger partial charge in [0.05, 0.1) is 7.11 Å². The number of ether oxygens (including phenoxy) is 3. The molecule has 10 heteroatoms. The molecule has 0 bridgehead atoms. The van der Waals surface area contributed by atoms with E-state index in [0.717, 1.165) is 0 Å². The number of methoxy groups -OCH3 is 1. The average Bonchev–Trinajstić information content (AvgIpc) is 2.80. The minimum atomic E-state index is -4.01. The minimum Gasteiger partial charge on any atom is -0.495 e. The Kier molecular flexibility index (Phi) is 6.11. The van der Waals surface area contributed by atoms with Gasteiger partial charge in [-0.2, -0.15) is 0 Å². The van der Waals surface area contributed by atoms with Crippen molar-refractivity contribution < 1.29 is 27.4 Å². The summed E-state index contributed by atoms with van der Waals surface area (Å²) in [4.78, 5) is 12.6. The van der Waals surface area contributed by atoms with Crippen LogP contribution in [0.1, 0.15) is 10.4 Å². The zero-order valence-corrected chi connectivity index (χ0v) is 18.5. The van der Waals surface area contributed by atoms with Crippen molar-refractivity contribution in [1.29, 1.82) is 0 Å². The van der Waals surface area contributed by atoms with Crippen LogP contribution in [0.4, 0.5) is 11.4 Å². The molecule has 0 aromatic heterocycles. The van der Waals surface area contributed by atoms with Crippen LogP contribution in [-0.2, 0) is 10.0 Å². The van der Waals surface area contributed by atoms with Gasteiger partial charge in [0.15, 0.2) is 11.5 Å². The number of rotatable bonds is 6. The summed E-state index contributed by atoms with van der Waals surface area (Å²) in [6, 6.07) is 15.4. The second kappa shape index (κ2) is 8.97. The van der Waals surface area contributed by atoms with E-state index in [-0.39, 0.29) is 16.3 Å². The van der Waals surface area contributed by atoms with Gasteiger partial charge in [0.1, 0.15) is 23.9 Å². The fourth-order valence-electron chi connectivity index (χ4n) is 3.08. The summed E-state index contributed by atoms with van der Waals surface area (Å²) in [7, 11) is -2.64. The number of sulfonamides is 1. The molecule has 0 fully saturated rings. The zero-order chi connectivity index (χ0) is 22.7. The number of hydrogen-bond acceptors (Lipinski definition) is 6. The van der Waals surface area contributed by atoms with Crippen LogP contribution in [0.3, 0.4) is 0 Å². The number of hydrogen-bond donors (Lipinski definition) is 2. The van der Waals surface area contributed by atoms with Crippen LogP contribution in [0.5, 0.6) is 17.2 Å². The molecule has 3 aromatic carbocycles. The van der Waals surface area contributed by atoms with Gasteiger partial charge in [0, 0.05) is 22.0 Å². The van der Waals surface area contributed by atoms with Gasteiger partial charge in [-0.15, -0.1) is 0 Å². The number of fused-ring (bicyclic) bond motifs is 1. The Balaban J connectivity index is 1.58. The molecule has 1 amide bonds. The topological polar surface area (TPSA) is 103 Å². The fraction of sp³-hybridized carbons (Fsp3) is 0.136. The molecule has 2 N–H and O–H groups in total. The van der Waals surface area contributed by atoms with Crippen molar-refractivity contribution in [3.8, 4) is 17.2 Å². The van der Waals surface area contributed by atoms with E-state index < -0.39 is 15.9 Å². The molecule has 0 atom stereocenters. The number of anilines is 2. The van der Waals surface area contributed by atoms with Crippen LogP contribution < -0.4 is 24.2 Å². The summed E-state index contributed by atoms with van der Waals surface area (Å²) in [6.45, 7) is 0.851. The summed E-state index contributed by atoms with van der Waals surface area (Å²) in [5.74, 6) is 0.748. The first-order valence-electron chi connectivity index (χ1n) is 9.53. The van der Waals surface area contributed by atoms with Crippen molar-refractivity contribution in [2.75, 3.05) is 30.4 Å². The summed E-state index contributed by atoms with van der Waals surface area (Å²) in [5, 5.41) is 3.18. The van der Waals surface area contributed by atoms with Crippen LogP contribution in [0.15, 0.2) is 65.6 Å². The SMILES string of the molecule is COc1ccc(NC(=O)c2ccc3c(c2)OCCO3)cc1S(=O)(=O)Nc1ccc(Cl)cc1. The first kappa shape index (κ1) is 21.8. The lowest BCUT2D eigenvalue weighted by molar-refractivity contribution is 0.102. The number of halogens is 1. The van der Waals surface area contributed by atoms with E-state index in [1.807, 2.05) is 0 Å². The standard InChI is InChI=1S/C22H19ClN2O6S/c1-29-19-9-7-17(13-21(19)32(27,28)25-16-5-3-15(23)4-6-16)24-22(26)14-2-8-18-20(12-14)31-11-10-30-18/h2-9,12-13,25H,10-11H2,1H3,(H,24,26).